The summed E-state index contributed by atoms with van der Waals surface area (Å²) >= 11 is 0. The number of nitriles is 1. The van der Waals surface area contributed by atoms with Crippen molar-refractivity contribution in [2.24, 2.45) is 0 Å². The quantitative estimate of drug-likeness (QED) is 0.798. The van der Waals surface area contributed by atoms with E-state index in [1.54, 1.807) is 4.90 Å². The van der Waals surface area contributed by atoms with Gasteiger partial charge in [0.2, 0.25) is 5.91 Å². The summed E-state index contributed by atoms with van der Waals surface area (Å²) in [4.78, 5) is 14.0. The van der Waals surface area contributed by atoms with E-state index >= 15 is 0 Å². The van der Waals surface area contributed by atoms with Gasteiger partial charge in [0.25, 0.3) is 0 Å². The van der Waals surface area contributed by atoms with Gasteiger partial charge in [0.05, 0.1) is 12.5 Å². The van der Waals surface area contributed by atoms with Gasteiger partial charge in [0, 0.05) is 6.04 Å². The number of carbonyl (C=O) groups is 1. The van der Waals surface area contributed by atoms with Gasteiger partial charge in [-0.3, -0.25) is 4.79 Å². The monoisotopic (exact) mass is 266 g/mol. The molecule has 3 nitrogen and oxygen atoms in total. The van der Waals surface area contributed by atoms with Gasteiger partial charge >= 0.3 is 0 Å². The highest BCUT2D eigenvalue weighted by molar-refractivity contribution is 5.90. The minimum absolute atomic E-state index is 0.00194. The zero-order valence-electron chi connectivity index (χ0n) is 11.8. The van der Waals surface area contributed by atoms with E-state index in [9.17, 15) is 4.79 Å². The molecular weight excluding hydrogens is 248 g/mol. The second kappa shape index (κ2) is 6.21. The molecule has 2 aromatic rings. The SMILES string of the molecule is CC(C)N(CC#N)C(=O)Cc1cccc2ccccc12. The Morgan fingerprint density at radius 2 is 1.90 bits per heavy atom. The lowest BCUT2D eigenvalue weighted by Gasteiger charge is -2.24. The standard InChI is InChI=1S/C17H18N2O/c1-13(2)19(11-10-18)17(20)12-15-8-5-7-14-6-3-4-9-16(14)15/h3-9,13H,11-12H2,1-2H3. The van der Waals surface area contributed by atoms with Crippen molar-refractivity contribution in [1.29, 1.82) is 5.26 Å². The van der Waals surface area contributed by atoms with Gasteiger partial charge < -0.3 is 4.90 Å². The molecule has 0 aliphatic carbocycles. The summed E-state index contributed by atoms with van der Waals surface area (Å²) in [6.07, 6.45) is 0.335. The van der Waals surface area contributed by atoms with Gasteiger partial charge in [-0.1, -0.05) is 42.5 Å². The van der Waals surface area contributed by atoms with E-state index in [-0.39, 0.29) is 18.5 Å². The number of hydrogen-bond acceptors (Lipinski definition) is 2. The van der Waals surface area contributed by atoms with Crippen LogP contribution in [0.1, 0.15) is 19.4 Å². The molecule has 0 unspecified atom stereocenters. The molecule has 0 saturated carbocycles. The van der Waals surface area contributed by atoms with Crippen molar-refractivity contribution in [3.05, 3.63) is 48.0 Å². The lowest BCUT2D eigenvalue weighted by atomic mass is 10.0. The molecule has 0 spiro atoms. The fourth-order valence-electron chi connectivity index (χ4n) is 2.35. The Hall–Kier alpha value is -2.34. The molecule has 0 aliphatic heterocycles. The first-order chi connectivity index (χ1) is 9.63. The van der Waals surface area contributed by atoms with Crippen LogP contribution in [0.5, 0.6) is 0 Å². The molecule has 0 heterocycles. The minimum Gasteiger partial charge on any atom is -0.327 e. The average molecular weight is 266 g/mol. The maximum absolute atomic E-state index is 12.4. The summed E-state index contributed by atoms with van der Waals surface area (Å²) in [6.45, 7) is 4.00. The summed E-state index contributed by atoms with van der Waals surface area (Å²) in [5.74, 6) is -0.00194. The van der Waals surface area contributed by atoms with Gasteiger partial charge in [-0.15, -0.1) is 0 Å². The molecule has 0 saturated heterocycles. The van der Waals surface area contributed by atoms with E-state index in [0.717, 1.165) is 16.3 Å². The van der Waals surface area contributed by atoms with E-state index in [0.29, 0.717) is 6.42 Å². The Morgan fingerprint density at radius 3 is 2.60 bits per heavy atom. The Labute approximate surface area is 119 Å². The molecule has 0 aromatic heterocycles. The van der Waals surface area contributed by atoms with Crippen molar-refractivity contribution in [3.8, 4) is 6.07 Å². The van der Waals surface area contributed by atoms with Crippen molar-refractivity contribution in [1.82, 2.24) is 4.90 Å². The summed E-state index contributed by atoms with van der Waals surface area (Å²) in [5.41, 5.74) is 1.01. The average Bonchev–Trinajstić information content (AvgIpc) is 2.44. The first kappa shape index (κ1) is 14.1. The molecule has 102 valence electrons. The van der Waals surface area contributed by atoms with Crippen LogP contribution in [0.15, 0.2) is 42.5 Å². The third-order valence-electron chi connectivity index (χ3n) is 3.41. The van der Waals surface area contributed by atoms with Gasteiger partial charge in [0.15, 0.2) is 0 Å². The molecule has 0 atom stereocenters. The Bertz CT molecular complexity index is 650. The first-order valence-corrected chi connectivity index (χ1v) is 6.76. The lowest BCUT2D eigenvalue weighted by molar-refractivity contribution is -0.131. The van der Waals surface area contributed by atoms with Crippen LogP contribution < -0.4 is 0 Å². The summed E-state index contributed by atoms with van der Waals surface area (Å²) in [5, 5.41) is 11.1. The molecule has 0 bridgehead atoms. The maximum atomic E-state index is 12.4. The zero-order valence-corrected chi connectivity index (χ0v) is 11.8. The molecule has 1 amide bonds. The van der Waals surface area contributed by atoms with Crippen LogP contribution >= 0.6 is 0 Å². The van der Waals surface area contributed by atoms with Crippen LogP contribution in [0.2, 0.25) is 0 Å². The van der Waals surface area contributed by atoms with Crippen molar-refractivity contribution >= 4 is 16.7 Å². The molecule has 0 radical (unpaired) electrons. The first-order valence-electron chi connectivity index (χ1n) is 6.76. The Morgan fingerprint density at radius 1 is 1.20 bits per heavy atom. The van der Waals surface area contributed by atoms with Crippen molar-refractivity contribution in [3.63, 3.8) is 0 Å². The topological polar surface area (TPSA) is 44.1 Å². The molecule has 2 rings (SSSR count). The Kier molecular flexibility index (Phi) is 4.37. The predicted molar refractivity (Wildman–Crippen MR) is 80.1 cm³/mol. The number of amides is 1. The number of nitrogens with zero attached hydrogens (tertiary/aromatic N) is 2. The normalized spacial score (nSPS) is 10.5. The van der Waals surface area contributed by atoms with Crippen molar-refractivity contribution < 1.29 is 4.79 Å². The number of hydrogen-bond donors (Lipinski definition) is 0. The highest BCUT2D eigenvalue weighted by atomic mass is 16.2. The fourth-order valence-corrected chi connectivity index (χ4v) is 2.35. The third-order valence-corrected chi connectivity index (χ3v) is 3.41. The van der Waals surface area contributed by atoms with Crippen LogP contribution in [0.3, 0.4) is 0 Å². The van der Waals surface area contributed by atoms with Crippen LogP contribution in [-0.2, 0) is 11.2 Å². The summed E-state index contributed by atoms with van der Waals surface area (Å²) in [6, 6.07) is 16.1. The Balaban J connectivity index is 2.28. The van der Waals surface area contributed by atoms with Gasteiger partial charge in [-0.2, -0.15) is 5.26 Å². The van der Waals surface area contributed by atoms with Gasteiger partial charge in [-0.25, -0.2) is 0 Å². The second-order valence-electron chi connectivity index (χ2n) is 5.09. The van der Waals surface area contributed by atoms with Crippen LogP contribution in [-0.4, -0.2) is 23.4 Å². The number of carbonyl (C=O) groups excluding carboxylic acids is 1. The van der Waals surface area contributed by atoms with Crippen LogP contribution in [0, 0.1) is 11.3 Å². The second-order valence-corrected chi connectivity index (χ2v) is 5.09. The van der Waals surface area contributed by atoms with Gasteiger partial charge in [-0.05, 0) is 30.2 Å². The summed E-state index contributed by atoms with van der Waals surface area (Å²) < 4.78 is 0. The smallest absolute Gasteiger partial charge is 0.228 e. The largest absolute Gasteiger partial charge is 0.327 e. The third kappa shape index (κ3) is 2.97. The summed E-state index contributed by atoms with van der Waals surface area (Å²) in [7, 11) is 0. The highest BCUT2D eigenvalue weighted by Gasteiger charge is 2.17. The van der Waals surface area contributed by atoms with Crippen molar-refractivity contribution in [2.75, 3.05) is 6.54 Å². The number of rotatable bonds is 4. The molecule has 0 aliphatic rings. The molecule has 2 aromatic carbocycles. The lowest BCUT2D eigenvalue weighted by Crippen LogP contribution is -2.38. The van der Waals surface area contributed by atoms with Crippen LogP contribution in [0.4, 0.5) is 0 Å². The molecule has 20 heavy (non-hydrogen) atoms. The van der Waals surface area contributed by atoms with E-state index in [1.807, 2.05) is 56.3 Å². The maximum Gasteiger partial charge on any atom is 0.228 e. The van der Waals surface area contributed by atoms with Crippen molar-refractivity contribution in [2.45, 2.75) is 26.3 Å². The molecule has 0 fully saturated rings. The van der Waals surface area contributed by atoms with Crippen LogP contribution in [0.25, 0.3) is 10.8 Å². The van der Waals surface area contributed by atoms with E-state index in [2.05, 4.69) is 6.07 Å². The van der Waals surface area contributed by atoms with E-state index in [1.165, 1.54) is 0 Å². The van der Waals surface area contributed by atoms with E-state index in [4.69, 9.17) is 5.26 Å². The van der Waals surface area contributed by atoms with E-state index < -0.39 is 0 Å². The molecule has 0 N–H and O–H groups in total. The van der Waals surface area contributed by atoms with Gasteiger partial charge in [0.1, 0.15) is 6.54 Å². The molecule has 3 heteroatoms. The number of fused-ring (bicyclic) bond motifs is 1. The minimum atomic E-state index is -0.00194. The predicted octanol–water partition coefficient (Wildman–Crippen LogP) is 3.14. The zero-order chi connectivity index (χ0) is 14.5. The fraction of sp³-hybridized carbons (Fsp3) is 0.294. The molecular formula is C17H18N2O. The highest BCUT2D eigenvalue weighted by Crippen LogP contribution is 2.19. The number of benzene rings is 2.